The molecule has 0 spiro atoms. The Kier molecular flexibility index (Phi) is 2.80. The van der Waals surface area contributed by atoms with Crippen LogP contribution in [0.1, 0.15) is 5.69 Å². The maximum Gasteiger partial charge on any atom is 0.0556 e. The van der Waals surface area contributed by atoms with E-state index in [0.29, 0.717) is 6.54 Å². The molecule has 1 heterocycles. The molecule has 1 aromatic rings. The normalized spacial score (nSPS) is 9.80. The second-order valence-corrected chi connectivity index (χ2v) is 2.76. The fourth-order valence-corrected chi connectivity index (χ4v) is 0.850. The SMILES string of the molecule is NNCc1ccc(Br)cn1. The van der Waals surface area contributed by atoms with Gasteiger partial charge in [-0.05, 0) is 28.1 Å². The van der Waals surface area contributed by atoms with Crippen molar-refractivity contribution in [2.75, 3.05) is 0 Å². The lowest BCUT2D eigenvalue weighted by Crippen LogP contribution is -2.21. The summed E-state index contributed by atoms with van der Waals surface area (Å²) in [6.45, 7) is 0.604. The van der Waals surface area contributed by atoms with E-state index in [-0.39, 0.29) is 0 Å². The minimum Gasteiger partial charge on any atom is -0.271 e. The van der Waals surface area contributed by atoms with Crippen LogP contribution in [0.3, 0.4) is 0 Å². The number of aromatic nitrogens is 1. The van der Waals surface area contributed by atoms with Crippen molar-refractivity contribution in [3.63, 3.8) is 0 Å². The van der Waals surface area contributed by atoms with Gasteiger partial charge in [-0.15, -0.1) is 0 Å². The topological polar surface area (TPSA) is 50.9 Å². The van der Waals surface area contributed by atoms with Gasteiger partial charge < -0.3 is 0 Å². The highest BCUT2D eigenvalue weighted by atomic mass is 79.9. The first-order valence-corrected chi connectivity index (χ1v) is 3.66. The van der Waals surface area contributed by atoms with Gasteiger partial charge in [0, 0.05) is 10.7 Å². The van der Waals surface area contributed by atoms with Crippen LogP contribution in [0.25, 0.3) is 0 Å². The Balaban J connectivity index is 2.69. The fourth-order valence-electron chi connectivity index (χ4n) is 0.616. The van der Waals surface area contributed by atoms with E-state index in [0.717, 1.165) is 10.2 Å². The van der Waals surface area contributed by atoms with Gasteiger partial charge in [-0.1, -0.05) is 0 Å². The van der Waals surface area contributed by atoms with Gasteiger partial charge in [0.1, 0.15) is 0 Å². The molecule has 0 saturated heterocycles. The summed E-state index contributed by atoms with van der Waals surface area (Å²) >= 11 is 3.28. The predicted molar refractivity (Wildman–Crippen MR) is 43.0 cm³/mol. The number of nitrogens with zero attached hydrogens (tertiary/aromatic N) is 1. The van der Waals surface area contributed by atoms with Crippen LogP contribution in [-0.2, 0) is 6.54 Å². The van der Waals surface area contributed by atoms with Crippen LogP contribution >= 0.6 is 15.9 Å². The average molecular weight is 202 g/mol. The summed E-state index contributed by atoms with van der Waals surface area (Å²) < 4.78 is 0.980. The second-order valence-electron chi connectivity index (χ2n) is 1.85. The van der Waals surface area contributed by atoms with Crippen molar-refractivity contribution in [3.05, 3.63) is 28.5 Å². The van der Waals surface area contributed by atoms with Crippen LogP contribution in [0, 0.1) is 0 Å². The number of nitrogens with two attached hydrogens (primary N) is 1. The van der Waals surface area contributed by atoms with Gasteiger partial charge in [0.25, 0.3) is 0 Å². The number of pyridine rings is 1. The third-order valence-electron chi connectivity index (χ3n) is 1.07. The zero-order valence-electron chi connectivity index (χ0n) is 5.34. The Labute approximate surface area is 67.7 Å². The zero-order chi connectivity index (χ0) is 7.40. The summed E-state index contributed by atoms with van der Waals surface area (Å²) in [5.74, 6) is 5.10. The Morgan fingerprint density at radius 2 is 2.40 bits per heavy atom. The first-order chi connectivity index (χ1) is 4.83. The summed E-state index contributed by atoms with van der Waals surface area (Å²) in [6, 6.07) is 3.84. The van der Waals surface area contributed by atoms with E-state index in [2.05, 4.69) is 26.3 Å². The number of nitrogens with one attached hydrogen (secondary N) is 1. The molecule has 0 unspecified atom stereocenters. The van der Waals surface area contributed by atoms with E-state index in [1.165, 1.54) is 0 Å². The molecule has 0 aliphatic carbocycles. The van der Waals surface area contributed by atoms with Crippen molar-refractivity contribution in [2.45, 2.75) is 6.54 Å². The monoisotopic (exact) mass is 201 g/mol. The molecule has 0 radical (unpaired) electrons. The Hall–Kier alpha value is -0.450. The van der Waals surface area contributed by atoms with Crippen LogP contribution in [0.2, 0.25) is 0 Å². The number of rotatable bonds is 2. The molecule has 0 aromatic carbocycles. The number of halogens is 1. The van der Waals surface area contributed by atoms with Gasteiger partial charge in [0.05, 0.1) is 12.2 Å². The molecule has 3 nitrogen and oxygen atoms in total. The molecular formula is C6H8BrN3. The maximum absolute atomic E-state index is 5.10. The minimum atomic E-state index is 0.604. The average Bonchev–Trinajstić information content (AvgIpc) is 1.95. The molecule has 0 aliphatic rings. The molecule has 0 amide bonds. The lowest BCUT2D eigenvalue weighted by Gasteiger charge is -1.96. The van der Waals surface area contributed by atoms with Crippen LogP contribution < -0.4 is 11.3 Å². The van der Waals surface area contributed by atoms with Gasteiger partial charge in [-0.25, -0.2) is 0 Å². The van der Waals surface area contributed by atoms with E-state index in [9.17, 15) is 0 Å². The van der Waals surface area contributed by atoms with Crippen LogP contribution in [0.15, 0.2) is 22.8 Å². The van der Waals surface area contributed by atoms with Crippen LogP contribution in [0.4, 0.5) is 0 Å². The van der Waals surface area contributed by atoms with Crippen molar-refractivity contribution in [1.29, 1.82) is 0 Å². The highest BCUT2D eigenvalue weighted by molar-refractivity contribution is 9.10. The summed E-state index contributed by atoms with van der Waals surface area (Å²) in [7, 11) is 0. The van der Waals surface area contributed by atoms with Gasteiger partial charge in [0.15, 0.2) is 0 Å². The second kappa shape index (κ2) is 3.65. The Morgan fingerprint density at radius 3 is 2.90 bits per heavy atom. The third-order valence-corrected chi connectivity index (χ3v) is 1.54. The molecule has 3 N–H and O–H groups in total. The van der Waals surface area contributed by atoms with Crippen molar-refractivity contribution in [3.8, 4) is 0 Å². The smallest absolute Gasteiger partial charge is 0.0556 e. The lowest BCUT2D eigenvalue weighted by molar-refractivity contribution is 0.723. The van der Waals surface area contributed by atoms with E-state index in [1.54, 1.807) is 6.20 Å². The lowest BCUT2D eigenvalue weighted by atomic mass is 10.4. The standard InChI is InChI=1S/C6H8BrN3/c7-5-1-2-6(4-10-8)9-3-5/h1-3,10H,4,8H2. The molecule has 4 heteroatoms. The molecule has 1 rings (SSSR count). The maximum atomic E-state index is 5.10. The van der Waals surface area contributed by atoms with E-state index >= 15 is 0 Å². The van der Waals surface area contributed by atoms with Crippen molar-refractivity contribution in [1.82, 2.24) is 10.4 Å². The molecule has 0 atom stereocenters. The molecule has 0 saturated carbocycles. The molecule has 54 valence electrons. The van der Waals surface area contributed by atoms with Crippen molar-refractivity contribution < 1.29 is 0 Å². The number of hydrazine groups is 1. The number of hydrogen-bond acceptors (Lipinski definition) is 3. The van der Waals surface area contributed by atoms with Crippen molar-refractivity contribution >= 4 is 15.9 Å². The summed E-state index contributed by atoms with van der Waals surface area (Å²) in [4.78, 5) is 4.08. The first kappa shape index (κ1) is 7.65. The molecule has 0 bridgehead atoms. The molecule has 0 aliphatic heterocycles. The Bertz CT molecular complexity index is 197. The zero-order valence-corrected chi connectivity index (χ0v) is 6.93. The minimum absolute atomic E-state index is 0.604. The van der Waals surface area contributed by atoms with Crippen molar-refractivity contribution in [2.24, 2.45) is 5.84 Å². The highest BCUT2D eigenvalue weighted by Crippen LogP contribution is 2.06. The predicted octanol–water partition coefficient (Wildman–Crippen LogP) is 0.807. The fraction of sp³-hybridized carbons (Fsp3) is 0.167. The summed E-state index contributed by atoms with van der Waals surface area (Å²) in [5, 5.41) is 0. The third kappa shape index (κ3) is 2.06. The Morgan fingerprint density at radius 1 is 1.60 bits per heavy atom. The van der Waals surface area contributed by atoms with Crippen LogP contribution in [0.5, 0.6) is 0 Å². The molecule has 10 heavy (non-hydrogen) atoms. The largest absolute Gasteiger partial charge is 0.271 e. The molecular weight excluding hydrogens is 194 g/mol. The van der Waals surface area contributed by atoms with Crippen LogP contribution in [-0.4, -0.2) is 4.98 Å². The number of hydrogen-bond donors (Lipinski definition) is 2. The first-order valence-electron chi connectivity index (χ1n) is 2.87. The van der Waals surface area contributed by atoms with E-state index in [4.69, 9.17) is 5.84 Å². The van der Waals surface area contributed by atoms with Gasteiger partial charge >= 0.3 is 0 Å². The van der Waals surface area contributed by atoms with E-state index in [1.807, 2.05) is 12.1 Å². The van der Waals surface area contributed by atoms with E-state index < -0.39 is 0 Å². The molecule has 1 aromatic heterocycles. The summed E-state index contributed by atoms with van der Waals surface area (Å²) in [6.07, 6.45) is 1.74. The highest BCUT2D eigenvalue weighted by Gasteiger charge is 1.90. The van der Waals surface area contributed by atoms with Gasteiger partial charge in [0.2, 0.25) is 0 Å². The molecule has 0 fully saturated rings. The van der Waals surface area contributed by atoms with Gasteiger partial charge in [-0.3, -0.25) is 16.3 Å². The summed E-state index contributed by atoms with van der Waals surface area (Å²) in [5.41, 5.74) is 3.46. The quantitative estimate of drug-likeness (QED) is 0.551. The van der Waals surface area contributed by atoms with Gasteiger partial charge in [-0.2, -0.15) is 0 Å².